The molecule has 1 aromatic rings. The molecule has 1 heterocycles. The van der Waals surface area contributed by atoms with Crippen molar-refractivity contribution in [2.75, 3.05) is 37.4 Å². The summed E-state index contributed by atoms with van der Waals surface area (Å²) in [6.45, 7) is 13.2. The van der Waals surface area contributed by atoms with Crippen LogP contribution in [0.5, 0.6) is 0 Å². The summed E-state index contributed by atoms with van der Waals surface area (Å²) in [6, 6.07) is 6.54. The van der Waals surface area contributed by atoms with E-state index in [2.05, 4.69) is 44.7 Å². The van der Waals surface area contributed by atoms with Crippen LogP contribution in [0.2, 0.25) is 0 Å². The van der Waals surface area contributed by atoms with Gasteiger partial charge >= 0.3 is 5.97 Å². The maximum absolute atomic E-state index is 12.4. The van der Waals surface area contributed by atoms with Gasteiger partial charge in [-0.3, -0.25) is 9.59 Å². The van der Waals surface area contributed by atoms with E-state index < -0.39 is 0 Å². The molecule has 1 aliphatic rings. The van der Waals surface area contributed by atoms with Crippen molar-refractivity contribution in [1.29, 1.82) is 0 Å². The smallest absolute Gasteiger partial charge is 0.306 e. The standard InChI is InChI=1S/C25H41N3O3/c1-17(2)13-24(29)27-11-9-21(10-12-27)28(16-18(3)4)23-8-7-20(15-22(23)26)19(5)14-25(30)31-6/h7-8,15,17-19,21H,9-14,16,26H2,1-6H3/t19-/m1/s1. The Morgan fingerprint density at radius 2 is 1.74 bits per heavy atom. The number of ether oxygens (including phenoxy) is 1. The summed E-state index contributed by atoms with van der Waals surface area (Å²) in [7, 11) is 1.41. The number of carbonyl (C=O) groups is 2. The topological polar surface area (TPSA) is 75.9 Å². The van der Waals surface area contributed by atoms with Crippen LogP contribution in [0.15, 0.2) is 18.2 Å². The van der Waals surface area contributed by atoms with Gasteiger partial charge < -0.3 is 20.3 Å². The zero-order chi connectivity index (χ0) is 23.1. The van der Waals surface area contributed by atoms with Crippen LogP contribution in [0.4, 0.5) is 11.4 Å². The number of methoxy groups -OCH3 is 1. The highest BCUT2D eigenvalue weighted by molar-refractivity contribution is 5.76. The number of hydrogen-bond acceptors (Lipinski definition) is 5. The molecule has 0 aromatic heterocycles. The van der Waals surface area contributed by atoms with Crippen molar-refractivity contribution in [2.45, 2.75) is 72.3 Å². The van der Waals surface area contributed by atoms with E-state index in [9.17, 15) is 9.59 Å². The van der Waals surface area contributed by atoms with Gasteiger partial charge in [-0.05, 0) is 48.3 Å². The summed E-state index contributed by atoms with van der Waals surface area (Å²) in [5.41, 5.74) is 9.35. The number of anilines is 2. The van der Waals surface area contributed by atoms with Gasteiger partial charge in [0, 0.05) is 32.1 Å². The third-order valence-electron chi connectivity index (χ3n) is 6.03. The Bertz CT molecular complexity index is 740. The summed E-state index contributed by atoms with van der Waals surface area (Å²) < 4.78 is 4.80. The first-order chi connectivity index (χ1) is 14.6. The molecule has 1 aromatic carbocycles. The maximum atomic E-state index is 12.4. The first-order valence-corrected chi connectivity index (χ1v) is 11.6. The van der Waals surface area contributed by atoms with Crippen molar-refractivity contribution < 1.29 is 14.3 Å². The van der Waals surface area contributed by atoms with Crippen molar-refractivity contribution >= 4 is 23.3 Å². The van der Waals surface area contributed by atoms with Gasteiger partial charge in [-0.2, -0.15) is 0 Å². The van der Waals surface area contributed by atoms with Crippen molar-refractivity contribution in [3.05, 3.63) is 23.8 Å². The van der Waals surface area contributed by atoms with Crippen LogP contribution in [0, 0.1) is 11.8 Å². The van der Waals surface area contributed by atoms with E-state index in [-0.39, 0.29) is 17.8 Å². The van der Waals surface area contributed by atoms with E-state index in [1.165, 1.54) is 7.11 Å². The second-order valence-electron chi connectivity index (χ2n) is 9.76. The van der Waals surface area contributed by atoms with E-state index >= 15 is 0 Å². The lowest BCUT2D eigenvalue weighted by atomic mass is 9.95. The molecule has 6 nitrogen and oxygen atoms in total. The molecule has 0 aliphatic carbocycles. The van der Waals surface area contributed by atoms with Crippen LogP contribution in [0.25, 0.3) is 0 Å². The van der Waals surface area contributed by atoms with E-state index in [0.717, 1.165) is 49.4 Å². The predicted octanol–water partition coefficient (Wildman–Crippen LogP) is 4.43. The third-order valence-corrected chi connectivity index (χ3v) is 6.03. The highest BCUT2D eigenvalue weighted by Gasteiger charge is 2.28. The van der Waals surface area contributed by atoms with Crippen molar-refractivity contribution in [1.82, 2.24) is 4.90 Å². The fourth-order valence-electron chi connectivity index (χ4n) is 4.34. The highest BCUT2D eigenvalue weighted by atomic mass is 16.5. The minimum Gasteiger partial charge on any atom is -0.469 e. The number of nitrogens with zero attached hydrogens (tertiary/aromatic N) is 2. The lowest BCUT2D eigenvalue weighted by Crippen LogP contribution is -2.48. The van der Waals surface area contributed by atoms with Gasteiger partial charge in [0.05, 0.1) is 24.9 Å². The number of carbonyl (C=O) groups excluding carboxylic acids is 2. The first kappa shape index (κ1) is 25.0. The zero-order valence-corrected chi connectivity index (χ0v) is 20.2. The number of nitrogens with two attached hydrogens (primary N) is 1. The van der Waals surface area contributed by atoms with Crippen LogP contribution < -0.4 is 10.6 Å². The maximum Gasteiger partial charge on any atom is 0.306 e. The summed E-state index contributed by atoms with van der Waals surface area (Å²) >= 11 is 0. The van der Waals surface area contributed by atoms with Gasteiger partial charge in [0.15, 0.2) is 0 Å². The van der Waals surface area contributed by atoms with Crippen LogP contribution in [0.3, 0.4) is 0 Å². The van der Waals surface area contributed by atoms with E-state index in [1.807, 2.05) is 17.9 Å². The number of esters is 1. The molecule has 1 atom stereocenters. The normalized spacial score (nSPS) is 15.9. The second kappa shape index (κ2) is 11.4. The number of nitrogen functional groups attached to an aromatic ring is 1. The Kier molecular flexibility index (Phi) is 9.20. The molecule has 2 rings (SSSR count). The SMILES string of the molecule is COC(=O)C[C@@H](C)c1ccc(N(CC(C)C)C2CCN(C(=O)CC(C)C)CC2)c(N)c1. The van der Waals surface area contributed by atoms with Gasteiger partial charge in [0.1, 0.15) is 0 Å². The van der Waals surface area contributed by atoms with Crippen molar-refractivity contribution in [2.24, 2.45) is 11.8 Å². The third kappa shape index (κ3) is 7.15. The molecule has 6 heteroatoms. The Hall–Kier alpha value is -2.24. The number of likely N-dealkylation sites (tertiary alicyclic amines) is 1. The summed E-state index contributed by atoms with van der Waals surface area (Å²) in [5.74, 6) is 1.00. The average Bonchev–Trinajstić information content (AvgIpc) is 2.71. The van der Waals surface area contributed by atoms with Crippen molar-refractivity contribution in [3.8, 4) is 0 Å². The van der Waals surface area contributed by atoms with E-state index in [1.54, 1.807) is 0 Å². The molecule has 0 radical (unpaired) electrons. The fraction of sp³-hybridized carbons (Fsp3) is 0.680. The summed E-state index contributed by atoms with van der Waals surface area (Å²) in [5, 5.41) is 0. The molecule has 0 unspecified atom stereocenters. The molecule has 0 saturated carbocycles. The molecule has 1 aliphatic heterocycles. The Balaban J connectivity index is 2.14. The quantitative estimate of drug-likeness (QED) is 0.462. The van der Waals surface area contributed by atoms with Gasteiger partial charge in [0.2, 0.25) is 5.91 Å². The molecular formula is C25H41N3O3. The minimum absolute atomic E-state index is 0.0533. The summed E-state index contributed by atoms with van der Waals surface area (Å²) in [4.78, 5) is 28.5. The minimum atomic E-state index is -0.213. The molecular weight excluding hydrogens is 390 g/mol. The molecule has 0 spiro atoms. The molecule has 174 valence electrons. The first-order valence-electron chi connectivity index (χ1n) is 11.6. The number of hydrogen-bond donors (Lipinski definition) is 1. The van der Waals surface area contributed by atoms with Crippen molar-refractivity contribution in [3.63, 3.8) is 0 Å². The Morgan fingerprint density at radius 1 is 1.10 bits per heavy atom. The molecule has 1 amide bonds. The summed E-state index contributed by atoms with van der Waals surface area (Å²) in [6.07, 6.45) is 2.87. The molecule has 31 heavy (non-hydrogen) atoms. The van der Waals surface area contributed by atoms with Gasteiger partial charge in [-0.15, -0.1) is 0 Å². The second-order valence-corrected chi connectivity index (χ2v) is 9.76. The average molecular weight is 432 g/mol. The van der Waals surface area contributed by atoms with E-state index in [4.69, 9.17) is 10.5 Å². The molecule has 2 N–H and O–H groups in total. The lowest BCUT2D eigenvalue weighted by Gasteiger charge is -2.41. The number of benzene rings is 1. The van der Waals surface area contributed by atoms with Gasteiger partial charge in [-0.25, -0.2) is 0 Å². The van der Waals surface area contributed by atoms with Crippen LogP contribution in [0.1, 0.15) is 71.8 Å². The lowest BCUT2D eigenvalue weighted by molar-refractivity contribution is -0.141. The van der Waals surface area contributed by atoms with Gasteiger partial charge in [-0.1, -0.05) is 40.7 Å². The zero-order valence-electron chi connectivity index (χ0n) is 20.2. The van der Waals surface area contributed by atoms with E-state index in [0.29, 0.717) is 30.7 Å². The predicted molar refractivity (Wildman–Crippen MR) is 127 cm³/mol. The molecule has 1 saturated heterocycles. The van der Waals surface area contributed by atoms with Gasteiger partial charge in [0.25, 0.3) is 0 Å². The number of rotatable bonds is 9. The van der Waals surface area contributed by atoms with Crippen LogP contribution in [-0.2, 0) is 14.3 Å². The fourth-order valence-corrected chi connectivity index (χ4v) is 4.34. The number of piperidine rings is 1. The van der Waals surface area contributed by atoms with Crippen LogP contribution in [-0.4, -0.2) is 49.6 Å². The Morgan fingerprint density at radius 3 is 2.26 bits per heavy atom. The Labute approximate surface area is 188 Å². The molecule has 0 bridgehead atoms. The highest BCUT2D eigenvalue weighted by Crippen LogP contribution is 2.33. The largest absolute Gasteiger partial charge is 0.469 e. The number of amides is 1. The monoisotopic (exact) mass is 431 g/mol. The van der Waals surface area contributed by atoms with Crippen LogP contribution >= 0.6 is 0 Å². The molecule has 1 fully saturated rings.